The molecule has 0 bridgehead atoms. The quantitative estimate of drug-likeness (QED) is 0.739. The Balaban J connectivity index is 2.92. The van der Waals surface area contributed by atoms with Gasteiger partial charge < -0.3 is 5.11 Å². The molecular weight excluding hydrogens is 204 g/mol. The van der Waals surface area contributed by atoms with Gasteiger partial charge in [-0.05, 0) is 5.56 Å². The van der Waals surface area contributed by atoms with Crippen LogP contribution >= 0.6 is 0 Å². The molecule has 2 N–H and O–H groups in total. The summed E-state index contributed by atoms with van der Waals surface area (Å²) in [6, 6.07) is 8.65. The first-order valence-corrected chi connectivity index (χ1v) is 5.62. The molecule has 0 fully saturated rings. The Labute approximate surface area is 82.9 Å². The molecular formula is C9H12O4S. The fourth-order valence-electron chi connectivity index (χ4n) is 1.18. The minimum atomic E-state index is -4.39. The van der Waals surface area contributed by atoms with E-state index in [9.17, 15) is 13.5 Å². The number of benzene rings is 1. The third kappa shape index (κ3) is 2.54. The van der Waals surface area contributed by atoms with E-state index in [0.29, 0.717) is 5.56 Å². The molecule has 5 heteroatoms. The summed E-state index contributed by atoms with van der Waals surface area (Å²) < 4.78 is 29.9. The highest BCUT2D eigenvalue weighted by molar-refractivity contribution is 7.86. The first-order chi connectivity index (χ1) is 6.43. The number of hydrogen-bond donors (Lipinski definition) is 2. The third-order valence-electron chi connectivity index (χ3n) is 2.06. The van der Waals surface area contributed by atoms with Gasteiger partial charge >= 0.3 is 0 Å². The van der Waals surface area contributed by atoms with Gasteiger partial charge in [0.1, 0.15) is 0 Å². The molecule has 0 aliphatic heterocycles. The van der Waals surface area contributed by atoms with Gasteiger partial charge in [0.05, 0.1) is 0 Å². The summed E-state index contributed by atoms with van der Waals surface area (Å²) in [6.07, 6.45) is 0. The Kier molecular flexibility index (Phi) is 3.25. The van der Waals surface area contributed by atoms with Crippen molar-refractivity contribution in [1.82, 2.24) is 0 Å². The van der Waals surface area contributed by atoms with Crippen LogP contribution in [-0.4, -0.2) is 23.5 Å². The molecule has 0 unspecified atom stereocenters. The van der Waals surface area contributed by atoms with Crippen LogP contribution in [0.25, 0.3) is 0 Å². The molecule has 4 nitrogen and oxygen atoms in total. The molecule has 0 heterocycles. The fraction of sp³-hybridized carbons (Fsp3) is 0.333. The van der Waals surface area contributed by atoms with Gasteiger partial charge in [0, 0.05) is 5.92 Å². The van der Waals surface area contributed by atoms with Crippen LogP contribution in [0, 0.1) is 0 Å². The summed E-state index contributed by atoms with van der Waals surface area (Å²) in [6.45, 7) is 1.54. The van der Waals surface area contributed by atoms with E-state index in [1.54, 1.807) is 30.3 Å². The highest BCUT2D eigenvalue weighted by atomic mass is 32.2. The van der Waals surface area contributed by atoms with Crippen molar-refractivity contribution in [3.8, 4) is 0 Å². The second-order valence-corrected chi connectivity index (χ2v) is 4.62. The van der Waals surface area contributed by atoms with E-state index in [1.807, 2.05) is 0 Å². The first-order valence-electron chi connectivity index (χ1n) is 4.12. The maximum atomic E-state index is 10.7. The van der Waals surface area contributed by atoms with Crippen LogP contribution in [0.1, 0.15) is 18.4 Å². The molecule has 0 aliphatic carbocycles. The molecule has 0 aliphatic rings. The maximum absolute atomic E-state index is 10.7. The maximum Gasteiger partial charge on any atom is 0.292 e. The largest absolute Gasteiger partial charge is 0.375 e. The Morgan fingerprint density at radius 1 is 1.21 bits per heavy atom. The van der Waals surface area contributed by atoms with Gasteiger partial charge in [0.25, 0.3) is 10.1 Å². The van der Waals surface area contributed by atoms with Crippen LogP contribution in [0.15, 0.2) is 30.3 Å². The van der Waals surface area contributed by atoms with E-state index < -0.39 is 21.5 Å². The van der Waals surface area contributed by atoms with Crippen LogP contribution in [0.3, 0.4) is 0 Å². The molecule has 0 amide bonds. The molecule has 0 spiro atoms. The van der Waals surface area contributed by atoms with Crippen molar-refractivity contribution in [1.29, 1.82) is 0 Å². The summed E-state index contributed by atoms with van der Waals surface area (Å²) in [5, 5.41) is 9.27. The Hall–Kier alpha value is -0.910. The van der Waals surface area contributed by atoms with Gasteiger partial charge in [-0.1, -0.05) is 37.3 Å². The highest BCUT2D eigenvalue weighted by Crippen LogP contribution is 2.21. The van der Waals surface area contributed by atoms with Gasteiger partial charge in [0.15, 0.2) is 5.44 Å². The van der Waals surface area contributed by atoms with Crippen molar-refractivity contribution in [2.75, 3.05) is 0 Å². The van der Waals surface area contributed by atoms with Crippen molar-refractivity contribution in [2.45, 2.75) is 18.3 Å². The van der Waals surface area contributed by atoms with Crippen LogP contribution in [-0.2, 0) is 10.1 Å². The lowest BCUT2D eigenvalue weighted by molar-refractivity contribution is 0.209. The highest BCUT2D eigenvalue weighted by Gasteiger charge is 2.27. The monoisotopic (exact) mass is 216 g/mol. The number of rotatable bonds is 3. The molecule has 0 saturated carbocycles. The van der Waals surface area contributed by atoms with Gasteiger partial charge in [-0.3, -0.25) is 4.55 Å². The van der Waals surface area contributed by atoms with E-state index in [-0.39, 0.29) is 0 Å². The molecule has 1 aromatic rings. The standard InChI is InChI=1S/C9H12O4S/c1-7(9(10)14(11,12)13)8-5-3-2-4-6-8/h2-7,9-10H,1H3,(H,11,12,13)/t7-,9-/m1/s1. The van der Waals surface area contributed by atoms with Crippen LogP contribution in [0.5, 0.6) is 0 Å². The first kappa shape index (κ1) is 11.2. The molecule has 0 saturated heterocycles. The van der Waals surface area contributed by atoms with Crippen molar-refractivity contribution < 1.29 is 18.1 Å². The predicted molar refractivity (Wildman–Crippen MR) is 52.4 cm³/mol. The van der Waals surface area contributed by atoms with Crippen LogP contribution in [0.2, 0.25) is 0 Å². The molecule has 14 heavy (non-hydrogen) atoms. The normalized spacial score (nSPS) is 16.2. The van der Waals surface area contributed by atoms with E-state index in [0.717, 1.165) is 0 Å². The van der Waals surface area contributed by atoms with Crippen molar-refractivity contribution >= 4 is 10.1 Å². The van der Waals surface area contributed by atoms with E-state index >= 15 is 0 Å². The smallest absolute Gasteiger partial charge is 0.292 e. The average molecular weight is 216 g/mol. The Morgan fingerprint density at radius 2 is 1.71 bits per heavy atom. The lowest BCUT2D eigenvalue weighted by atomic mass is 10.0. The second kappa shape index (κ2) is 4.08. The summed E-state index contributed by atoms with van der Waals surface area (Å²) in [5.74, 6) is -0.647. The van der Waals surface area contributed by atoms with Crippen molar-refractivity contribution in [3.63, 3.8) is 0 Å². The van der Waals surface area contributed by atoms with Crippen molar-refractivity contribution in [2.24, 2.45) is 0 Å². The lowest BCUT2D eigenvalue weighted by Gasteiger charge is -2.15. The topological polar surface area (TPSA) is 74.6 Å². The summed E-state index contributed by atoms with van der Waals surface area (Å²) in [4.78, 5) is 0. The SMILES string of the molecule is C[C@H](c1ccccc1)[C@H](O)S(=O)(=O)O. The summed E-state index contributed by atoms with van der Waals surface area (Å²) in [5.41, 5.74) is -1.11. The van der Waals surface area contributed by atoms with E-state index in [4.69, 9.17) is 4.55 Å². The number of hydrogen-bond acceptors (Lipinski definition) is 3. The lowest BCUT2D eigenvalue weighted by Crippen LogP contribution is -2.25. The van der Waals surface area contributed by atoms with Gasteiger partial charge in [-0.25, -0.2) is 0 Å². The fourth-order valence-corrected chi connectivity index (χ4v) is 1.85. The van der Waals surface area contributed by atoms with Crippen LogP contribution in [0.4, 0.5) is 0 Å². The average Bonchev–Trinajstić information content (AvgIpc) is 2.15. The minimum Gasteiger partial charge on any atom is -0.375 e. The molecule has 0 aromatic heterocycles. The second-order valence-electron chi connectivity index (χ2n) is 3.10. The third-order valence-corrected chi connectivity index (χ3v) is 3.08. The van der Waals surface area contributed by atoms with Crippen LogP contribution < -0.4 is 0 Å². The zero-order valence-electron chi connectivity index (χ0n) is 7.66. The van der Waals surface area contributed by atoms with Gasteiger partial charge in [-0.15, -0.1) is 0 Å². The Bertz CT molecular complexity index is 385. The van der Waals surface area contributed by atoms with Gasteiger partial charge in [-0.2, -0.15) is 8.42 Å². The molecule has 2 atom stereocenters. The summed E-state index contributed by atoms with van der Waals surface area (Å²) >= 11 is 0. The predicted octanol–water partition coefficient (Wildman–Crippen LogP) is 0.996. The minimum absolute atomic E-state index is 0.647. The zero-order valence-corrected chi connectivity index (χ0v) is 8.48. The Morgan fingerprint density at radius 3 is 2.14 bits per heavy atom. The molecule has 78 valence electrons. The molecule has 0 radical (unpaired) electrons. The number of aliphatic hydroxyl groups excluding tert-OH is 1. The zero-order chi connectivity index (χ0) is 10.8. The summed E-state index contributed by atoms with van der Waals surface area (Å²) in [7, 11) is -4.39. The number of aliphatic hydroxyl groups is 1. The van der Waals surface area contributed by atoms with E-state index in [1.165, 1.54) is 6.92 Å². The van der Waals surface area contributed by atoms with Gasteiger partial charge in [0.2, 0.25) is 0 Å². The van der Waals surface area contributed by atoms with E-state index in [2.05, 4.69) is 0 Å². The van der Waals surface area contributed by atoms with Crippen molar-refractivity contribution in [3.05, 3.63) is 35.9 Å². The molecule has 1 aromatic carbocycles. The molecule has 1 rings (SSSR count).